The molecule has 0 spiro atoms. The first kappa shape index (κ1) is 10.9. The molecule has 0 bridgehead atoms. The first-order valence-electron chi connectivity index (χ1n) is 4.72. The number of phenols is 1. The molecule has 16 heavy (non-hydrogen) atoms. The van der Waals surface area contributed by atoms with E-state index in [1.807, 2.05) is 0 Å². The van der Waals surface area contributed by atoms with Crippen molar-refractivity contribution in [3.05, 3.63) is 29.3 Å². The third-order valence-electron chi connectivity index (χ3n) is 3.05. The number of carboxylic acid groups (broad SMARTS) is 1. The van der Waals surface area contributed by atoms with Crippen LogP contribution in [-0.4, -0.2) is 22.1 Å². The third kappa shape index (κ3) is 1.20. The van der Waals surface area contributed by atoms with Gasteiger partial charge in [0.25, 0.3) is 5.92 Å². The summed E-state index contributed by atoms with van der Waals surface area (Å²) in [5.74, 6) is -4.96. The van der Waals surface area contributed by atoms with E-state index in [2.05, 4.69) is 0 Å². The van der Waals surface area contributed by atoms with Gasteiger partial charge in [0.05, 0.1) is 0 Å². The summed E-state index contributed by atoms with van der Waals surface area (Å²) < 4.78 is 26.3. The van der Waals surface area contributed by atoms with Crippen LogP contribution in [0.4, 0.5) is 8.78 Å². The van der Waals surface area contributed by atoms with E-state index in [4.69, 9.17) is 5.11 Å². The maximum absolute atomic E-state index is 13.2. The van der Waals surface area contributed by atoms with Crippen molar-refractivity contribution in [1.29, 1.82) is 0 Å². The Balaban J connectivity index is 2.51. The first-order valence-corrected chi connectivity index (χ1v) is 4.72. The average molecular weight is 228 g/mol. The second kappa shape index (κ2) is 2.93. The summed E-state index contributed by atoms with van der Waals surface area (Å²) in [6, 6.07) is 3.86. The molecule has 0 amide bonds. The van der Waals surface area contributed by atoms with Crippen molar-refractivity contribution >= 4 is 5.97 Å². The molecule has 3 nitrogen and oxygen atoms in total. The van der Waals surface area contributed by atoms with E-state index in [1.54, 1.807) is 6.92 Å². The summed E-state index contributed by atoms with van der Waals surface area (Å²) in [5.41, 5.74) is -1.68. The average Bonchev–Trinajstić information content (AvgIpc) is 2.75. The van der Waals surface area contributed by atoms with Crippen molar-refractivity contribution < 1.29 is 23.8 Å². The van der Waals surface area contributed by atoms with Crippen LogP contribution in [0.3, 0.4) is 0 Å². The number of alkyl halides is 2. The molecule has 0 radical (unpaired) electrons. The Bertz CT molecular complexity index is 470. The Labute approximate surface area is 90.3 Å². The van der Waals surface area contributed by atoms with Crippen molar-refractivity contribution in [3.63, 3.8) is 0 Å². The van der Waals surface area contributed by atoms with E-state index in [0.29, 0.717) is 5.56 Å². The number of benzene rings is 1. The molecule has 1 aromatic rings. The molecule has 1 atom stereocenters. The fourth-order valence-electron chi connectivity index (χ4n) is 1.83. The van der Waals surface area contributed by atoms with Gasteiger partial charge in [-0.15, -0.1) is 0 Å². The first-order chi connectivity index (χ1) is 7.31. The van der Waals surface area contributed by atoms with Gasteiger partial charge in [-0.3, -0.25) is 4.79 Å². The third-order valence-corrected chi connectivity index (χ3v) is 3.05. The van der Waals surface area contributed by atoms with Gasteiger partial charge in [-0.25, -0.2) is 8.78 Å². The molecule has 5 heteroatoms. The predicted octanol–water partition coefficient (Wildman–Crippen LogP) is 2.06. The van der Waals surface area contributed by atoms with E-state index in [0.717, 1.165) is 6.07 Å². The summed E-state index contributed by atoms with van der Waals surface area (Å²) in [7, 11) is 0. The minimum absolute atomic E-state index is 0.0481. The highest BCUT2D eigenvalue weighted by atomic mass is 19.3. The van der Waals surface area contributed by atoms with Crippen molar-refractivity contribution in [1.82, 2.24) is 0 Å². The zero-order valence-corrected chi connectivity index (χ0v) is 8.50. The SMILES string of the molecule is Cc1ccc(C2(C(=O)O)CC2(F)F)cc1O. The van der Waals surface area contributed by atoms with Crippen LogP contribution >= 0.6 is 0 Å². The Morgan fingerprint density at radius 3 is 2.38 bits per heavy atom. The van der Waals surface area contributed by atoms with E-state index in [1.165, 1.54) is 12.1 Å². The minimum Gasteiger partial charge on any atom is -0.508 e. The number of rotatable bonds is 2. The van der Waals surface area contributed by atoms with Crippen LogP contribution < -0.4 is 0 Å². The molecule has 1 unspecified atom stereocenters. The zero-order chi connectivity index (χ0) is 12.1. The minimum atomic E-state index is -3.24. The lowest BCUT2D eigenvalue weighted by Gasteiger charge is -2.12. The topological polar surface area (TPSA) is 57.5 Å². The second-order valence-electron chi connectivity index (χ2n) is 4.09. The van der Waals surface area contributed by atoms with Gasteiger partial charge in [-0.1, -0.05) is 12.1 Å². The van der Waals surface area contributed by atoms with E-state index >= 15 is 0 Å². The molecule has 1 aliphatic carbocycles. The van der Waals surface area contributed by atoms with Gasteiger partial charge < -0.3 is 10.2 Å². The molecule has 0 aliphatic heterocycles. The quantitative estimate of drug-likeness (QED) is 0.814. The van der Waals surface area contributed by atoms with E-state index in [9.17, 15) is 18.7 Å². The van der Waals surface area contributed by atoms with Crippen LogP contribution in [0.5, 0.6) is 5.75 Å². The van der Waals surface area contributed by atoms with Crippen molar-refractivity contribution in [2.45, 2.75) is 24.7 Å². The van der Waals surface area contributed by atoms with Gasteiger partial charge in [0, 0.05) is 6.42 Å². The lowest BCUT2D eigenvalue weighted by atomic mass is 9.94. The van der Waals surface area contributed by atoms with Gasteiger partial charge in [-0.05, 0) is 24.1 Å². The molecule has 1 aliphatic rings. The molecular formula is C11H10F2O3. The van der Waals surface area contributed by atoms with Crippen LogP contribution in [-0.2, 0) is 10.2 Å². The van der Waals surface area contributed by atoms with Crippen LogP contribution in [0.25, 0.3) is 0 Å². The summed E-state index contributed by atoms with van der Waals surface area (Å²) in [4.78, 5) is 10.9. The Morgan fingerprint density at radius 2 is 2.00 bits per heavy atom. The molecular weight excluding hydrogens is 218 g/mol. The van der Waals surface area contributed by atoms with Crippen LogP contribution in [0.1, 0.15) is 17.5 Å². The zero-order valence-electron chi connectivity index (χ0n) is 8.50. The van der Waals surface area contributed by atoms with Gasteiger partial charge in [0.15, 0.2) is 5.41 Å². The number of phenolic OH excluding ortho intramolecular Hbond substituents is 1. The Hall–Kier alpha value is -1.65. The number of carbonyl (C=O) groups is 1. The maximum Gasteiger partial charge on any atom is 0.320 e. The number of hydrogen-bond donors (Lipinski definition) is 2. The highest BCUT2D eigenvalue weighted by molar-refractivity contribution is 5.88. The smallest absolute Gasteiger partial charge is 0.320 e. The largest absolute Gasteiger partial charge is 0.508 e. The standard InChI is InChI=1S/C11H10F2O3/c1-6-2-3-7(4-8(6)14)10(9(15)16)5-11(10,12)13/h2-4,14H,5H2,1H3,(H,15,16). The van der Waals surface area contributed by atoms with Crippen LogP contribution in [0.2, 0.25) is 0 Å². The molecule has 1 saturated carbocycles. The molecule has 2 N–H and O–H groups in total. The van der Waals surface area contributed by atoms with Crippen LogP contribution in [0, 0.1) is 6.92 Å². The predicted molar refractivity (Wildman–Crippen MR) is 51.7 cm³/mol. The monoisotopic (exact) mass is 228 g/mol. The number of aryl methyl sites for hydroxylation is 1. The summed E-state index contributed by atoms with van der Waals surface area (Å²) in [6.45, 7) is 1.61. The lowest BCUT2D eigenvalue weighted by molar-refractivity contribution is -0.142. The highest BCUT2D eigenvalue weighted by Gasteiger charge is 2.77. The molecule has 2 rings (SSSR count). The fraction of sp³-hybridized carbons (Fsp3) is 0.364. The number of aromatic hydroxyl groups is 1. The van der Waals surface area contributed by atoms with E-state index in [-0.39, 0.29) is 11.3 Å². The molecule has 0 aromatic heterocycles. The lowest BCUT2D eigenvalue weighted by Crippen LogP contribution is -2.27. The van der Waals surface area contributed by atoms with Gasteiger partial charge in [0.1, 0.15) is 5.75 Å². The Morgan fingerprint density at radius 1 is 1.44 bits per heavy atom. The molecule has 0 saturated heterocycles. The molecule has 1 fully saturated rings. The second-order valence-corrected chi connectivity index (χ2v) is 4.09. The number of halogens is 2. The molecule has 1 aromatic carbocycles. The normalized spacial score (nSPS) is 26.4. The highest BCUT2D eigenvalue weighted by Crippen LogP contribution is 2.62. The van der Waals surface area contributed by atoms with Crippen molar-refractivity contribution in [3.8, 4) is 5.75 Å². The summed E-state index contributed by atoms with van der Waals surface area (Å²) in [5, 5.41) is 18.3. The van der Waals surface area contributed by atoms with E-state index < -0.39 is 23.7 Å². The van der Waals surface area contributed by atoms with Crippen molar-refractivity contribution in [2.24, 2.45) is 0 Å². The fourth-order valence-corrected chi connectivity index (χ4v) is 1.83. The number of hydrogen-bond acceptors (Lipinski definition) is 2. The molecule has 0 heterocycles. The maximum atomic E-state index is 13.2. The Kier molecular flexibility index (Phi) is 1.99. The number of carboxylic acids is 1. The van der Waals surface area contributed by atoms with Crippen LogP contribution in [0.15, 0.2) is 18.2 Å². The summed E-state index contributed by atoms with van der Waals surface area (Å²) in [6.07, 6.45) is -0.710. The van der Waals surface area contributed by atoms with Gasteiger partial charge in [0.2, 0.25) is 0 Å². The van der Waals surface area contributed by atoms with Gasteiger partial charge in [-0.2, -0.15) is 0 Å². The van der Waals surface area contributed by atoms with Gasteiger partial charge >= 0.3 is 5.97 Å². The summed E-state index contributed by atoms with van der Waals surface area (Å²) >= 11 is 0. The number of aliphatic carboxylic acids is 1. The van der Waals surface area contributed by atoms with Crippen molar-refractivity contribution in [2.75, 3.05) is 0 Å². The molecule has 86 valence electrons.